The molecule has 0 spiro atoms. The minimum Gasteiger partial charge on any atom is -0.478 e. The van der Waals surface area contributed by atoms with Crippen LogP contribution in [0, 0.1) is 0 Å². The van der Waals surface area contributed by atoms with E-state index in [4.69, 9.17) is 15.1 Å². The van der Waals surface area contributed by atoms with Crippen LogP contribution < -0.4 is 0 Å². The molecule has 1 aromatic rings. The van der Waals surface area contributed by atoms with Crippen LogP contribution in [0.1, 0.15) is 22.3 Å². The fraction of sp³-hybridized carbons (Fsp3) is 0.182. The maximum atomic E-state index is 10.6. The number of hydrogen-bond acceptors (Lipinski definition) is 4. The predicted octanol–water partition coefficient (Wildman–Crippen LogP) is 0.962. The summed E-state index contributed by atoms with van der Waals surface area (Å²) in [6, 6.07) is 6.04. The zero-order valence-corrected chi connectivity index (χ0v) is 8.66. The molecule has 1 aromatic carbocycles. The van der Waals surface area contributed by atoms with E-state index in [2.05, 4.69) is 5.16 Å². The van der Waals surface area contributed by atoms with Crippen molar-refractivity contribution in [2.45, 2.75) is 12.5 Å². The third-order valence-electron chi connectivity index (χ3n) is 2.41. The van der Waals surface area contributed by atoms with Gasteiger partial charge in [-0.3, -0.25) is 0 Å². The standard InChI is InChI=1S/C11H9NO5/c13-10(14)7-3-1-6(2-4-7)8-5-9(11(15)16)17-12-8/h1-4,9H,5H2,(H,13,14)(H,15,16). The molecule has 1 aliphatic heterocycles. The Bertz CT molecular complexity index is 491. The quantitative estimate of drug-likeness (QED) is 0.813. The average Bonchev–Trinajstić information content (AvgIpc) is 2.78. The van der Waals surface area contributed by atoms with Crippen molar-refractivity contribution in [2.75, 3.05) is 0 Å². The van der Waals surface area contributed by atoms with Crippen LogP contribution in [0.2, 0.25) is 0 Å². The van der Waals surface area contributed by atoms with Gasteiger partial charge in [-0.15, -0.1) is 0 Å². The van der Waals surface area contributed by atoms with Gasteiger partial charge in [0.1, 0.15) is 0 Å². The van der Waals surface area contributed by atoms with E-state index in [1.165, 1.54) is 12.1 Å². The van der Waals surface area contributed by atoms with Gasteiger partial charge in [-0.05, 0) is 17.7 Å². The Hall–Kier alpha value is -2.37. The van der Waals surface area contributed by atoms with Crippen molar-refractivity contribution in [1.82, 2.24) is 0 Å². The van der Waals surface area contributed by atoms with Gasteiger partial charge < -0.3 is 15.1 Å². The first-order valence-corrected chi connectivity index (χ1v) is 4.87. The number of aromatic carboxylic acids is 1. The van der Waals surface area contributed by atoms with Gasteiger partial charge in [0.15, 0.2) is 0 Å². The Kier molecular flexibility index (Phi) is 2.78. The second kappa shape index (κ2) is 4.25. The Morgan fingerprint density at radius 2 is 1.88 bits per heavy atom. The number of carboxylic acids is 2. The minimum absolute atomic E-state index is 0.169. The van der Waals surface area contributed by atoms with Crippen LogP contribution in [0.5, 0.6) is 0 Å². The predicted molar refractivity (Wildman–Crippen MR) is 57.1 cm³/mol. The van der Waals surface area contributed by atoms with Gasteiger partial charge >= 0.3 is 11.9 Å². The van der Waals surface area contributed by atoms with E-state index in [1.54, 1.807) is 12.1 Å². The third-order valence-corrected chi connectivity index (χ3v) is 2.41. The highest BCUT2D eigenvalue weighted by molar-refractivity contribution is 6.03. The van der Waals surface area contributed by atoms with Crippen molar-refractivity contribution >= 4 is 17.7 Å². The maximum Gasteiger partial charge on any atom is 0.348 e. The van der Waals surface area contributed by atoms with Gasteiger partial charge in [-0.1, -0.05) is 17.3 Å². The Labute approximate surface area is 96.1 Å². The molecule has 1 aliphatic rings. The van der Waals surface area contributed by atoms with Gasteiger partial charge in [0.05, 0.1) is 11.3 Å². The van der Waals surface area contributed by atoms with Crippen LogP contribution in [0.25, 0.3) is 0 Å². The summed E-state index contributed by atoms with van der Waals surface area (Å²) in [4.78, 5) is 26.0. The molecule has 17 heavy (non-hydrogen) atoms. The second-order valence-electron chi connectivity index (χ2n) is 3.56. The zero-order chi connectivity index (χ0) is 12.4. The lowest BCUT2D eigenvalue weighted by atomic mass is 10.0. The van der Waals surface area contributed by atoms with E-state index >= 15 is 0 Å². The summed E-state index contributed by atoms with van der Waals surface area (Å²) < 4.78 is 0. The molecule has 0 fully saturated rings. The molecule has 0 radical (unpaired) electrons. The number of nitrogens with zero attached hydrogens (tertiary/aromatic N) is 1. The summed E-state index contributed by atoms with van der Waals surface area (Å²) in [7, 11) is 0. The Morgan fingerprint density at radius 3 is 2.35 bits per heavy atom. The van der Waals surface area contributed by atoms with Gasteiger partial charge in [0, 0.05) is 6.42 Å². The Morgan fingerprint density at radius 1 is 1.24 bits per heavy atom. The number of carboxylic acid groups (broad SMARTS) is 2. The summed E-state index contributed by atoms with van der Waals surface area (Å²) in [5.74, 6) is -2.07. The Balaban J connectivity index is 2.14. The highest BCUT2D eigenvalue weighted by Crippen LogP contribution is 2.17. The summed E-state index contributed by atoms with van der Waals surface area (Å²) in [5, 5.41) is 21.1. The lowest BCUT2D eigenvalue weighted by Crippen LogP contribution is -2.19. The first-order valence-electron chi connectivity index (χ1n) is 4.87. The minimum atomic E-state index is -1.06. The fourth-order valence-electron chi connectivity index (χ4n) is 1.49. The van der Waals surface area contributed by atoms with E-state index in [-0.39, 0.29) is 12.0 Å². The molecule has 0 amide bonds. The van der Waals surface area contributed by atoms with Gasteiger partial charge in [0.25, 0.3) is 0 Å². The van der Waals surface area contributed by atoms with Crippen molar-refractivity contribution in [3.05, 3.63) is 35.4 Å². The normalized spacial score (nSPS) is 18.4. The van der Waals surface area contributed by atoms with E-state index in [9.17, 15) is 9.59 Å². The molecule has 6 heteroatoms. The molecule has 1 unspecified atom stereocenters. The summed E-state index contributed by atoms with van der Waals surface area (Å²) in [5.41, 5.74) is 1.34. The van der Waals surface area contributed by atoms with E-state index in [0.717, 1.165) is 0 Å². The van der Waals surface area contributed by atoms with Crippen LogP contribution >= 0.6 is 0 Å². The third kappa shape index (κ3) is 2.25. The molecule has 0 aliphatic carbocycles. The molecule has 88 valence electrons. The summed E-state index contributed by atoms with van der Waals surface area (Å²) in [6.07, 6.45) is -0.772. The number of oxime groups is 1. The van der Waals surface area contributed by atoms with Crippen LogP contribution in [-0.4, -0.2) is 34.0 Å². The topological polar surface area (TPSA) is 96.2 Å². The summed E-state index contributed by atoms with van der Waals surface area (Å²) >= 11 is 0. The first kappa shape index (κ1) is 11.1. The molecular weight excluding hydrogens is 226 g/mol. The SMILES string of the molecule is O=C(O)c1ccc(C2=NOC(C(=O)O)C2)cc1. The molecule has 2 N–H and O–H groups in total. The van der Waals surface area contributed by atoms with Crippen molar-refractivity contribution in [2.24, 2.45) is 5.16 Å². The smallest absolute Gasteiger partial charge is 0.348 e. The van der Waals surface area contributed by atoms with Crippen molar-refractivity contribution in [1.29, 1.82) is 0 Å². The van der Waals surface area contributed by atoms with Crippen LogP contribution in [0.3, 0.4) is 0 Å². The second-order valence-corrected chi connectivity index (χ2v) is 3.56. The maximum absolute atomic E-state index is 10.6. The van der Waals surface area contributed by atoms with Crippen molar-refractivity contribution in [3.63, 3.8) is 0 Å². The van der Waals surface area contributed by atoms with Gasteiger partial charge in [-0.25, -0.2) is 9.59 Å². The van der Waals surface area contributed by atoms with Crippen LogP contribution in [-0.2, 0) is 9.63 Å². The number of rotatable bonds is 3. The van der Waals surface area contributed by atoms with E-state index in [0.29, 0.717) is 11.3 Å². The monoisotopic (exact) mass is 235 g/mol. The van der Waals surface area contributed by atoms with E-state index < -0.39 is 18.0 Å². The summed E-state index contributed by atoms with van der Waals surface area (Å²) in [6.45, 7) is 0. The molecular formula is C11H9NO5. The molecule has 1 heterocycles. The highest BCUT2D eigenvalue weighted by Gasteiger charge is 2.28. The largest absolute Gasteiger partial charge is 0.478 e. The van der Waals surface area contributed by atoms with Crippen molar-refractivity contribution < 1.29 is 24.6 Å². The molecule has 1 atom stereocenters. The zero-order valence-electron chi connectivity index (χ0n) is 8.66. The molecule has 2 rings (SSSR count). The number of carbonyl (C=O) groups is 2. The number of aliphatic carboxylic acids is 1. The molecule has 6 nitrogen and oxygen atoms in total. The number of hydrogen-bond donors (Lipinski definition) is 2. The van der Waals surface area contributed by atoms with Crippen molar-refractivity contribution in [3.8, 4) is 0 Å². The first-order chi connectivity index (χ1) is 8.08. The number of benzene rings is 1. The lowest BCUT2D eigenvalue weighted by molar-refractivity contribution is -0.148. The lowest BCUT2D eigenvalue weighted by Gasteiger charge is -2.00. The molecule has 0 saturated carbocycles. The highest BCUT2D eigenvalue weighted by atomic mass is 16.7. The van der Waals surface area contributed by atoms with Gasteiger partial charge in [-0.2, -0.15) is 0 Å². The molecule has 0 aromatic heterocycles. The van der Waals surface area contributed by atoms with Crippen LogP contribution in [0.4, 0.5) is 0 Å². The van der Waals surface area contributed by atoms with Gasteiger partial charge in [0.2, 0.25) is 6.10 Å². The molecule has 0 bridgehead atoms. The molecule has 0 saturated heterocycles. The van der Waals surface area contributed by atoms with E-state index in [1.807, 2.05) is 0 Å². The fourth-order valence-corrected chi connectivity index (χ4v) is 1.49. The average molecular weight is 235 g/mol. The van der Waals surface area contributed by atoms with Crippen LogP contribution in [0.15, 0.2) is 29.4 Å².